The normalized spacial score (nSPS) is 13.5. The maximum atomic E-state index is 13.3. The maximum absolute atomic E-state index is 13.3. The zero-order valence-electron chi connectivity index (χ0n) is 18.6. The number of hydrogen-bond acceptors (Lipinski definition) is 5. The van der Waals surface area contributed by atoms with Crippen molar-refractivity contribution in [1.82, 2.24) is 30.1 Å². The number of alkyl halides is 3. The molecule has 0 unspecified atom stereocenters. The van der Waals surface area contributed by atoms with Crippen LogP contribution in [0.4, 0.5) is 19.0 Å². The molecule has 36 heavy (non-hydrogen) atoms. The van der Waals surface area contributed by atoms with Gasteiger partial charge in [0.05, 0.1) is 34.7 Å². The highest BCUT2D eigenvalue weighted by atomic mass is 35.5. The molecule has 0 radical (unpaired) electrons. The monoisotopic (exact) mass is 513 g/mol. The Hall–Kier alpha value is -4.12. The summed E-state index contributed by atoms with van der Waals surface area (Å²) in [6.07, 6.45) is 1.13. The number of hydrogen-bond donors (Lipinski definition) is 3. The SMILES string of the molecule is Cl.O=C(c1c[nH]c(-c2nc3cc(N4CCc5[nH]ncc5C4)ncc3[nH]2)c1)c1ccccc1C(F)(F)F. The third kappa shape index (κ3) is 4.11. The Morgan fingerprint density at radius 1 is 1.11 bits per heavy atom. The molecule has 5 aromatic rings. The van der Waals surface area contributed by atoms with Crippen LogP contribution in [0, 0.1) is 0 Å². The molecule has 6 rings (SSSR count). The Morgan fingerprint density at radius 2 is 1.94 bits per heavy atom. The van der Waals surface area contributed by atoms with E-state index in [4.69, 9.17) is 0 Å². The lowest BCUT2D eigenvalue weighted by Crippen LogP contribution is -2.30. The molecule has 0 atom stereocenters. The van der Waals surface area contributed by atoms with Gasteiger partial charge in [0.1, 0.15) is 5.82 Å². The summed E-state index contributed by atoms with van der Waals surface area (Å²) in [5, 5.41) is 7.11. The van der Waals surface area contributed by atoms with Gasteiger partial charge >= 0.3 is 6.18 Å². The van der Waals surface area contributed by atoms with Crippen LogP contribution in [0.15, 0.2) is 55.0 Å². The van der Waals surface area contributed by atoms with Crippen molar-refractivity contribution in [2.75, 3.05) is 11.4 Å². The van der Waals surface area contributed by atoms with Gasteiger partial charge in [-0.2, -0.15) is 18.3 Å². The highest BCUT2D eigenvalue weighted by molar-refractivity contribution is 6.10. The molecule has 1 aliphatic heterocycles. The van der Waals surface area contributed by atoms with Gasteiger partial charge < -0.3 is 14.9 Å². The molecule has 0 aliphatic carbocycles. The van der Waals surface area contributed by atoms with E-state index in [1.165, 1.54) is 30.5 Å². The zero-order chi connectivity index (χ0) is 24.2. The Kier molecular flexibility index (Phi) is 5.79. The summed E-state index contributed by atoms with van der Waals surface area (Å²) in [4.78, 5) is 30.3. The number of ketones is 1. The molecule has 0 saturated carbocycles. The van der Waals surface area contributed by atoms with Crippen LogP contribution < -0.4 is 4.90 Å². The Balaban J connectivity index is 0.00000267. The molecule has 0 saturated heterocycles. The molecule has 0 amide bonds. The van der Waals surface area contributed by atoms with E-state index in [1.54, 1.807) is 6.20 Å². The topological polar surface area (TPSA) is 106 Å². The quantitative estimate of drug-likeness (QED) is 0.296. The first-order chi connectivity index (χ1) is 16.9. The van der Waals surface area contributed by atoms with Crippen LogP contribution in [-0.4, -0.2) is 42.5 Å². The molecule has 1 aromatic carbocycles. The minimum Gasteiger partial charge on any atom is -0.358 e. The predicted octanol–water partition coefficient (Wildman–Crippen LogP) is 4.91. The number of pyridine rings is 1. The number of imidazole rings is 1. The van der Waals surface area contributed by atoms with Crippen molar-refractivity contribution >= 4 is 35.0 Å². The van der Waals surface area contributed by atoms with Gasteiger partial charge in [-0.15, -0.1) is 12.4 Å². The second-order valence-corrected chi connectivity index (χ2v) is 8.36. The fourth-order valence-corrected chi connectivity index (χ4v) is 4.36. The Labute approximate surface area is 208 Å². The van der Waals surface area contributed by atoms with Crippen molar-refractivity contribution in [3.05, 3.63) is 82.9 Å². The number of nitrogens with one attached hydrogen (secondary N) is 3. The molecule has 12 heteroatoms. The van der Waals surface area contributed by atoms with Crippen LogP contribution in [0.5, 0.6) is 0 Å². The number of nitrogens with zero attached hydrogens (tertiary/aromatic N) is 4. The highest BCUT2D eigenvalue weighted by Crippen LogP contribution is 2.33. The molecule has 1 aliphatic rings. The number of carbonyl (C=O) groups is 1. The second-order valence-electron chi connectivity index (χ2n) is 8.36. The third-order valence-electron chi connectivity index (χ3n) is 6.15. The van der Waals surface area contributed by atoms with Gasteiger partial charge in [0.2, 0.25) is 0 Å². The summed E-state index contributed by atoms with van der Waals surface area (Å²) < 4.78 is 40.0. The summed E-state index contributed by atoms with van der Waals surface area (Å²) in [6, 6.07) is 8.13. The van der Waals surface area contributed by atoms with Gasteiger partial charge in [-0.05, 0) is 12.1 Å². The van der Waals surface area contributed by atoms with E-state index in [1.807, 2.05) is 12.3 Å². The number of halogens is 4. The highest BCUT2D eigenvalue weighted by Gasteiger charge is 2.35. The van der Waals surface area contributed by atoms with Crippen LogP contribution in [-0.2, 0) is 19.1 Å². The molecule has 0 fully saturated rings. The molecule has 5 heterocycles. The van der Waals surface area contributed by atoms with E-state index in [2.05, 4.69) is 35.0 Å². The standard InChI is InChI=1S/C24H18F3N7O.ClH/c25-24(26,27)16-4-2-1-3-15(16)22(35)13-7-19(28-9-13)23-31-18-8-21(29-11-20(18)32-23)34-6-5-17-14(12-34)10-30-33-17;/h1-4,7-11,28H,5-6,12H2,(H,30,33)(H,31,32);1H. The van der Waals surface area contributed by atoms with Crippen molar-refractivity contribution in [2.45, 2.75) is 19.1 Å². The summed E-state index contributed by atoms with van der Waals surface area (Å²) in [5.74, 6) is 0.524. The first-order valence-electron chi connectivity index (χ1n) is 10.9. The average molecular weight is 514 g/mol. The van der Waals surface area contributed by atoms with Gasteiger partial charge in [-0.1, -0.05) is 18.2 Å². The Bertz CT molecular complexity index is 1570. The molecule has 4 aromatic heterocycles. The van der Waals surface area contributed by atoms with E-state index < -0.39 is 23.1 Å². The maximum Gasteiger partial charge on any atom is 0.417 e. The zero-order valence-corrected chi connectivity index (χ0v) is 19.4. The molecule has 0 spiro atoms. The second kappa shape index (κ2) is 8.83. The molecule has 184 valence electrons. The summed E-state index contributed by atoms with van der Waals surface area (Å²) >= 11 is 0. The number of fused-ring (bicyclic) bond motifs is 2. The van der Waals surface area contributed by atoms with Crippen LogP contribution in [0.25, 0.3) is 22.6 Å². The third-order valence-corrected chi connectivity index (χ3v) is 6.15. The summed E-state index contributed by atoms with van der Waals surface area (Å²) in [7, 11) is 0. The molecule has 8 nitrogen and oxygen atoms in total. The van der Waals surface area contributed by atoms with Gasteiger partial charge in [-0.3, -0.25) is 9.89 Å². The molecule has 0 bridgehead atoms. The summed E-state index contributed by atoms with van der Waals surface area (Å²) in [6.45, 7) is 1.50. The molecular weight excluding hydrogens is 495 g/mol. The number of rotatable bonds is 4. The van der Waals surface area contributed by atoms with Gasteiger partial charge in [-0.25, -0.2) is 9.97 Å². The first-order valence-corrected chi connectivity index (χ1v) is 10.9. The van der Waals surface area contributed by atoms with Crippen molar-refractivity contribution in [3.8, 4) is 11.5 Å². The van der Waals surface area contributed by atoms with E-state index >= 15 is 0 Å². The van der Waals surface area contributed by atoms with Crippen molar-refractivity contribution in [1.29, 1.82) is 0 Å². The van der Waals surface area contributed by atoms with Gasteiger partial charge in [0.25, 0.3) is 0 Å². The average Bonchev–Trinajstić information content (AvgIpc) is 3.61. The number of H-pyrrole nitrogens is 3. The van der Waals surface area contributed by atoms with E-state index in [9.17, 15) is 18.0 Å². The lowest BCUT2D eigenvalue weighted by atomic mass is 9.99. The minimum atomic E-state index is -4.62. The number of aromatic nitrogens is 6. The number of anilines is 1. The van der Waals surface area contributed by atoms with E-state index in [0.29, 0.717) is 29.1 Å². The molecule has 3 N–H and O–H groups in total. The van der Waals surface area contributed by atoms with Gasteiger partial charge in [0.15, 0.2) is 11.6 Å². The molecular formula is C24H19ClF3N7O. The lowest BCUT2D eigenvalue weighted by molar-refractivity contribution is -0.137. The van der Waals surface area contributed by atoms with E-state index in [-0.39, 0.29) is 18.0 Å². The number of benzene rings is 1. The minimum absolute atomic E-state index is 0. The van der Waals surface area contributed by atoms with Crippen LogP contribution in [0.1, 0.15) is 32.7 Å². The smallest absolute Gasteiger partial charge is 0.358 e. The fraction of sp³-hybridized carbons (Fsp3) is 0.167. The van der Waals surface area contributed by atoms with Crippen molar-refractivity contribution in [3.63, 3.8) is 0 Å². The van der Waals surface area contributed by atoms with Gasteiger partial charge in [0, 0.05) is 54.2 Å². The van der Waals surface area contributed by atoms with E-state index in [0.717, 1.165) is 36.1 Å². The van der Waals surface area contributed by atoms with Crippen molar-refractivity contribution < 1.29 is 18.0 Å². The fourth-order valence-electron chi connectivity index (χ4n) is 4.36. The predicted molar refractivity (Wildman–Crippen MR) is 129 cm³/mol. The van der Waals surface area contributed by atoms with Crippen LogP contribution >= 0.6 is 12.4 Å². The van der Waals surface area contributed by atoms with Crippen molar-refractivity contribution in [2.24, 2.45) is 0 Å². The lowest BCUT2D eigenvalue weighted by Gasteiger charge is -2.27. The Morgan fingerprint density at radius 3 is 2.78 bits per heavy atom. The van der Waals surface area contributed by atoms with Crippen LogP contribution in [0.3, 0.4) is 0 Å². The largest absolute Gasteiger partial charge is 0.417 e. The summed E-state index contributed by atoms with van der Waals surface area (Å²) in [5.41, 5.74) is 2.90. The number of aromatic amines is 3. The van der Waals surface area contributed by atoms with Crippen LogP contribution in [0.2, 0.25) is 0 Å². The number of carbonyl (C=O) groups excluding carboxylic acids is 1. The first kappa shape index (κ1) is 23.6.